The van der Waals surface area contributed by atoms with Gasteiger partial charge in [-0.05, 0) is 18.9 Å². The van der Waals surface area contributed by atoms with Crippen molar-refractivity contribution in [1.82, 2.24) is 14.5 Å². The van der Waals surface area contributed by atoms with Crippen LogP contribution in [0.5, 0.6) is 0 Å². The molecular formula is C14H17N3O3S. The van der Waals surface area contributed by atoms with Crippen LogP contribution in [0.15, 0.2) is 30.5 Å². The summed E-state index contributed by atoms with van der Waals surface area (Å²) in [5.41, 5.74) is 0.811. The average molecular weight is 307 g/mol. The third-order valence-electron chi connectivity index (χ3n) is 3.84. The molecule has 0 atom stereocenters. The Kier molecular flexibility index (Phi) is 3.67. The van der Waals surface area contributed by atoms with Crippen molar-refractivity contribution in [3.8, 4) is 0 Å². The molecule has 1 amide bonds. The molecule has 0 bridgehead atoms. The number of carbonyl (C=O) groups is 1. The van der Waals surface area contributed by atoms with Crippen LogP contribution in [0.1, 0.15) is 25.7 Å². The van der Waals surface area contributed by atoms with Crippen LogP contribution in [-0.4, -0.2) is 29.4 Å². The molecule has 1 aliphatic rings. The third-order valence-corrected chi connectivity index (χ3v) is 5.70. The number of rotatable bonds is 4. The molecule has 1 aromatic heterocycles. The van der Waals surface area contributed by atoms with Gasteiger partial charge in [0.25, 0.3) is 5.91 Å². The van der Waals surface area contributed by atoms with Crippen LogP contribution < -0.4 is 4.72 Å². The van der Waals surface area contributed by atoms with Gasteiger partial charge in [-0.1, -0.05) is 31.0 Å². The normalized spacial score (nSPS) is 16.4. The lowest BCUT2D eigenvalue weighted by Crippen LogP contribution is -2.39. The van der Waals surface area contributed by atoms with E-state index in [9.17, 15) is 13.2 Å². The maximum absolute atomic E-state index is 12.1. The smallest absolute Gasteiger partial charge is 0.255 e. The number of carbonyl (C=O) groups excluding carboxylic acids is 1. The van der Waals surface area contributed by atoms with Crippen LogP contribution in [0, 0.1) is 0 Å². The predicted octanol–water partition coefficient (Wildman–Crippen LogP) is 1.42. The Labute approximate surface area is 123 Å². The van der Waals surface area contributed by atoms with E-state index in [0.717, 1.165) is 23.7 Å². The number of nitrogens with zero attached hydrogens (tertiary/aromatic N) is 2. The van der Waals surface area contributed by atoms with E-state index < -0.39 is 21.2 Å². The molecule has 112 valence electrons. The quantitative estimate of drug-likeness (QED) is 0.926. The zero-order valence-electron chi connectivity index (χ0n) is 11.5. The molecule has 0 spiro atoms. The zero-order chi connectivity index (χ0) is 14.9. The summed E-state index contributed by atoms with van der Waals surface area (Å²) in [6.07, 6.45) is 4.74. The van der Waals surface area contributed by atoms with Crippen molar-refractivity contribution in [3.63, 3.8) is 0 Å². The summed E-state index contributed by atoms with van der Waals surface area (Å²) >= 11 is 0. The summed E-state index contributed by atoms with van der Waals surface area (Å²) in [5, 5.41) is 4.61. The molecule has 1 fully saturated rings. The lowest BCUT2D eigenvalue weighted by Gasteiger charge is -2.12. The first-order valence-corrected chi connectivity index (χ1v) is 8.56. The number of benzene rings is 1. The fourth-order valence-electron chi connectivity index (χ4n) is 2.76. The highest BCUT2D eigenvalue weighted by Crippen LogP contribution is 2.23. The van der Waals surface area contributed by atoms with Gasteiger partial charge in [-0.15, -0.1) is 0 Å². The van der Waals surface area contributed by atoms with Crippen LogP contribution in [-0.2, 0) is 21.4 Å². The molecule has 1 aromatic carbocycles. The summed E-state index contributed by atoms with van der Waals surface area (Å²) < 4.78 is 27.8. The van der Waals surface area contributed by atoms with Gasteiger partial charge in [0.1, 0.15) is 6.54 Å². The molecule has 1 N–H and O–H groups in total. The Hall–Kier alpha value is -1.89. The van der Waals surface area contributed by atoms with Crippen LogP contribution in [0.2, 0.25) is 0 Å². The lowest BCUT2D eigenvalue weighted by molar-refractivity contribution is -0.120. The van der Waals surface area contributed by atoms with Gasteiger partial charge in [-0.3, -0.25) is 14.2 Å². The van der Waals surface area contributed by atoms with Gasteiger partial charge in [-0.2, -0.15) is 5.10 Å². The van der Waals surface area contributed by atoms with E-state index in [4.69, 9.17) is 0 Å². The average Bonchev–Trinajstić information content (AvgIpc) is 3.08. The number of hydrogen-bond acceptors (Lipinski definition) is 4. The minimum atomic E-state index is -3.56. The van der Waals surface area contributed by atoms with E-state index in [-0.39, 0.29) is 6.54 Å². The minimum Gasteiger partial charge on any atom is -0.272 e. The van der Waals surface area contributed by atoms with Crippen LogP contribution >= 0.6 is 0 Å². The van der Waals surface area contributed by atoms with Gasteiger partial charge < -0.3 is 0 Å². The predicted molar refractivity (Wildman–Crippen MR) is 79.1 cm³/mol. The van der Waals surface area contributed by atoms with Crippen molar-refractivity contribution < 1.29 is 13.2 Å². The van der Waals surface area contributed by atoms with Gasteiger partial charge in [0, 0.05) is 5.39 Å². The van der Waals surface area contributed by atoms with Gasteiger partial charge in [0.05, 0.1) is 17.0 Å². The summed E-state index contributed by atoms with van der Waals surface area (Å²) in [6, 6.07) is 7.49. The first-order chi connectivity index (χ1) is 10.1. The highest BCUT2D eigenvalue weighted by molar-refractivity contribution is 7.90. The zero-order valence-corrected chi connectivity index (χ0v) is 12.3. The fourth-order valence-corrected chi connectivity index (χ4v) is 4.26. The maximum atomic E-state index is 12.1. The number of amides is 1. The van der Waals surface area contributed by atoms with E-state index in [1.54, 1.807) is 6.20 Å². The number of nitrogens with one attached hydrogen (secondary N) is 1. The molecule has 2 aromatic rings. The van der Waals surface area contributed by atoms with Gasteiger partial charge in [0.15, 0.2) is 0 Å². The molecule has 1 aliphatic carbocycles. The van der Waals surface area contributed by atoms with Crippen molar-refractivity contribution in [2.24, 2.45) is 0 Å². The minimum absolute atomic E-state index is 0.0978. The first-order valence-electron chi connectivity index (χ1n) is 7.01. The Morgan fingerprint density at radius 1 is 1.29 bits per heavy atom. The second-order valence-corrected chi connectivity index (χ2v) is 7.30. The SMILES string of the molecule is O=C(Cn1ncc2ccccc21)NS(=O)(=O)C1CCCC1. The van der Waals surface area contributed by atoms with Crippen molar-refractivity contribution in [3.05, 3.63) is 30.5 Å². The molecule has 7 heteroatoms. The van der Waals surface area contributed by atoms with Crippen molar-refractivity contribution >= 4 is 26.8 Å². The second-order valence-electron chi connectivity index (χ2n) is 5.34. The molecule has 0 unspecified atom stereocenters. The van der Waals surface area contributed by atoms with E-state index in [0.29, 0.717) is 12.8 Å². The van der Waals surface area contributed by atoms with Gasteiger partial charge >= 0.3 is 0 Å². The number of fused-ring (bicyclic) bond motifs is 1. The molecule has 0 radical (unpaired) electrons. The number of hydrogen-bond donors (Lipinski definition) is 1. The van der Waals surface area contributed by atoms with Crippen LogP contribution in [0.4, 0.5) is 0 Å². The Morgan fingerprint density at radius 3 is 2.76 bits per heavy atom. The van der Waals surface area contributed by atoms with Crippen molar-refractivity contribution in [2.75, 3.05) is 0 Å². The number of aromatic nitrogens is 2. The molecule has 0 aliphatic heterocycles. The molecule has 3 rings (SSSR count). The Morgan fingerprint density at radius 2 is 2.00 bits per heavy atom. The number of para-hydroxylation sites is 1. The van der Waals surface area contributed by atoms with Crippen molar-refractivity contribution in [1.29, 1.82) is 0 Å². The van der Waals surface area contributed by atoms with Crippen LogP contribution in [0.25, 0.3) is 10.9 Å². The lowest BCUT2D eigenvalue weighted by atomic mass is 10.3. The Bertz CT molecular complexity index is 761. The van der Waals surface area contributed by atoms with E-state index >= 15 is 0 Å². The second kappa shape index (κ2) is 5.48. The topological polar surface area (TPSA) is 81.1 Å². The van der Waals surface area contributed by atoms with Gasteiger partial charge in [0.2, 0.25) is 10.0 Å². The standard InChI is InChI=1S/C14H17N3O3S/c18-14(16-21(19,20)12-6-2-3-7-12)10-17-13-8-4-1-5-11(13)9-15-17/h1,4-5,8-9,12H,2-3,6-7,10H2,(H,16,18). The number of sulfonamides is 1. The molecule has 1 heterocycles. The summed E-state index contributed by atoms with van der Waals surface area (Å²) in [7, 11) is -3.56. The van der Waals surface area contributed by atoms with Gasteiger partial charge in [-0.25, -0.2) is 8.42 Å². The molecular weight excluding hydrogens is 290 g/mol. The monoisotopic (exact) mass is 307 g/mol. The molecule has 0 saturated heterocycles. The fraction of sp³-hybridized carbons (Fsp3) is 0.429. The molecule has 21 heavy (non-hydrogen) atoms. The summed E-state index contributed by atoms with van der Waals surface area (Å²) in [6.45, 7) is -0.0978. The van der Waals surface area contributed by atoms with Crippen molar-refractivity contribution in [2.45, 2.75) is 37.5 Å². The summed E-state index contributed by atoms with van der Waals surface area (Å²) in [5.74, 6) is -0.546. The highest BCUT2D eigenvalue weighted by Gasteiger charge is 2.30. The van der Waals surface area contributed by atoms with Crippen LogP contribution in [0.3, 0.4) is 0 Å². The van der Waals surface area contributed by atoms with E-state index in [1.165, 1.54) is 4.68 Å². The third kappa shape index (κ3) is 2.92. The molecule has 1 saturated carbocycles. The summed E-state index contributed by atoms with van der Waals surface area (Å²) in [4.78, 5) is 12.0. The largest absolute Gasteiger partial charge is 0.272 e. The maximum Gasteiger partial charge on any atom is 0.255 e. The van der Waals surface area contributed by atoms with E-state index in [2.05, 4.69) is 9.82 Å². The Balaban J connectivity index is 1.72. The highest BCUT2D eigenvalue weighted by atomic mass is 32.2. The first kappa shape index (κ1) is 14.1. The van der Waals surface area contributed by atoms with E-state index in [1.807, 2.05) is 24.3 Å². The molecule has 6 nitrogen and oxygen atoms in total.